The SMILES string of the molecule is O=C(NCc1ccc(S(=O)(=O)c2cccc(C(F)(F)F)c2)cc1)[C@@H]1C[C@@H](C2CCCCC2)CN1. The van der Waals surface area contributed by atoms with Gasteiger partial charge < -0.3 is 10.6 Å². The van der Waals surface area contributed by atoms with E-state index in [1.165, 1.54) is 44.2 Å². The van der Waals surface area contributed by atoms with E-state index in [4.69, 9.17) is 0 Å². The van der Waals surface area contributed by atoms with E-state index in [9.17, 15) is 26.4 Å². The van der Waals surface area contributed by atoms with Crippen LogP contribution in [0.2, 0.25) is 0 Å². The number of hydrogen-bond acceptors (Lipinski definition) is 4. The quantitative estimate of drug-likeness (QED) is 0.610. The van der Waals surface area contributed by atoms with E-state index in [1.807, 2.05) is 0 Å². The van der Waals surface area contributed by atoms with Gasteiger partial charge in [0.15, 0.2) is 0 Å². The van der Waals surface area contributed by atoms with Crippen LogP contribution in [0.25, 0.3) is 0 Å². The predicted molar refractivity (Wildman–Crippen MR) is 122 cm³/mol. The molecule has 1 aliphatic heterocycles. The number of alkyl halides is 3. The molecule has 2 fully saturated rings. The molecular formula is C25H29F3N2O3S. The van der Waals surface area contributed by atoms with Gasteiger partial charge in [-0.2, -0.15) is 13.2 Å². The van der Waals surface area contributed by atoms with Crippen LogP contribution < -0.4 is 10.6 Å². The predicted octanol–water partition coefficient (Wildman–Crippen LogP) is 4.71. The van der Waals surface area contributed by atoms with E-state index >= 15 is 0 Å². The van der Waals surface area contributed by atoms with Crippen LogP contribution in [0.4, 0.5) is 13.2 Å². The summed E-state index contributed by atoms with van der Waals surface area (Å²) in [5, 5.41) is 6.23. The van der Waals surface area contributed by atoms with Gasteiger partial charge in [0.1, 0.15) is 0 Å². The number of halogens is 3. The van der Waals surface area contributed by atoms with Crippen LogP contribution >= 0.6 is 0 Å². The Morgan fingerprint density at radius 1 is 0.971 bits per heavy atom. The second kappa shape index (κ2) is 10.1. The number of nitrogens with one attached hydrogen (secondary N) is 2. The summed E-state index contributed by atoms with van der Waals surface area (Å²) in [5.74, 6) is 1.17. The molecule has 2 aromatic carbocycles. The summed E-state index contributed by atoms with van der Waals surface area (Å²) in [6.45, 7) is 1.11. The van der Waals surface area contributed by atoms with E-state index in [-0.39, 0.29) is 23.4 Å². The van der Waals surface area contributed by atoms with Crippen LogP contribution in [0, 0.1) is 11.8 Å². The lowest BCUT2D eigenvalue weighted by atomic mass is 9.79. The molecule has 1 saturated heterocycles. The van der Waals surface area contributed by atoms with Gasteiger partial charge in [0.05, 0.1) is 21.4 Å². The van der Waals surface area contributed by atoms with Crippen molar-refractivity contribution in [3.8, 4) is 0 Å². The fourth-order valence-corrected chi connectivity index (χ4v) is 6.31. The summed E-state index contributed by atoms with van der Waals surface area (Å²) in [4.78, 5) is 12.1. The molecule has 34 heavy (non-hydrogen) atoms. The third-order valence-electron chi connectivity index (χ3n) is 6.97. The average Bonchev–Trinajstić information content (AvgIpc) is 3.33. The Kier molecular flexibility index (Phi) is 7.33. The first kappa shape index (κ1) is 24.7. The van der Waals surface area contributed by atoms with Gasteiger partial charge in [-0.05, 0) is 60.7 Å². The maximum absolute atomic E-state index is 13.0. The molecule has 4 rings (SSSR count). The number of carbonyl (C=O) groups is 1. The normalized spacial score (nSPS) is 22.0. The fraction of sp³-hybridized carbons (Fsp3) is 0.480. The summed E-state index contributed by atoms with van der Waals surface area (Å²) in [7, 11) is -4.10. The second-order valence-corrected chi connectivity index (χ2v) is 11.2. The van der Waals surface area contributed by atoms with Gasteiger partial charge in [0, 0.05) is 6.54 Å². The highest BCUT2D eigenvalue weighted by molar-refractivity contribution is 7.91. The number of hydrogen-bond donors (Lipinski definition) is 2. The highest BCUT2D eigenvalue weighted by atomic mass is 32.2. The van der Waals surface area contributed by atoms with Crippen LogP contribution in [-0.2, 0) is 27.4 Å². The van der Waals surface area contributed by atoms with Crippen LogP contribution in [-0.4, -0.2) is 26.9 Å². The zero-order chi connectivity index (χ0) is 24.3. The molecule has 0 aromatic heterocycles. The van der Waals surface area contributed by atoms with Gasteiger partial charge in [-0.1, -0.05) is 50.3 Å². The van der Waals surface area contributed by atoms with Crippen LogP contribution in [0.5, 0.6) is 0 Å². The molecule has 0 spiro atoms. The minimum Gasteiger partial charge on any atom is -0.351 e. The Hall–Kier alpha value is -2.39. The molecule has 1 saturated carbocycles. The third kappa shape index (κ3) is 5.63. The lowest BCUT2D eigenvalue weighted by Gasteiger charge is -2.26. The number of benzene rings is 2. The fourth-order valence-electron chi connectivity index (χ4n) is 5.00. The van der Waals surface area contributed by atoms with Crippen LogP contribution in [0.3, 0.4) is 0 Å². The minimum atomic E-state index is -4.63. The van der Waals surface area contributed by atoms with Crippen molar-refractivity contribution in [3.05, 3.63) is 59.7 Å². The molecule has 0 bridgehead atoms. The largest absolute Gasteiger partial charge is 0.416 e. The maximum Gasteiger partial charge on any atom is 0.416 e. The molecule has 2 aliphatic rings. The highest BCUT2D eigenvalue weighted by Gasteiger charge is 2.34. The van der Waals surface area contributed by atoms with E-state index in [0.717, 1.165) is 31.2 Å². The summed E-state index contributed by atoms with van der Waals surface area (Å²) in [6, 6.07) is 9.31. The third-order valence-corrected chi connectivity index (χ3v) is 8.74. The van der Waals surface area contributed by atoms with Crippen molar-refractivity contribution in [2.45, 2.75) is 67.1 Å². The van der Waals surface area contributed by atoms with Crippen molar-refractivity contribution in [1.29, 1.82) is 0 Å². The Labute approximate surface area is 198 Å². The number of rotatable bonds is 6. The second-order valence-electron chi connectivity index (χ2n) is 9.25. The van der Waals surface area contributed by atoms with Gasteiger partial charge in [-0.15, -0.1) is 0 Å². The molecule has 1 amide bonds. The molecule has 1 heterocycles. The molecule has 184 valence electrons. The zero-order valence-corrected chi connectivity index (χ0v) is 19.6. The molecular weight excluding hydrogens is 465 g/mol. The summed E-state index contributed by atoms with van der Waals surface area (Å²) < 4.78 is 64.4. The lowest BCUT2D eigenvalue weighted by Crippen LogP contribution is -2.39. The molecule has 2 atom stereocenters. The van der Waals surface area contributed by atoms with E-state index in [0.29, 0.717) is 23.5 Å². The molecule has 2 aromatic rings. The molecule has 9 heteroatoms. The number of amides is 1. The molecule has 2 N–H and O–H groups in total. The zero-order valence-electron chi connectivity index (χ0n) is 18.8. The minimum absolute atomic E-state index is 0.0704. The van der Waals surface area contributed by atoms with Gasteiger partial charge in [0.25, 0.3) is 0 Å². The van der Waals surface area contributed by atoms with Gasteiger partial charge >= 0.3 is 6.18 Å². The Balaban J connectivity index is 1.34. The molecule has 0 radical (unpaired) electrons. The van der Waals surface area contributed by atoms with E-state index < -0.39 is 26.5 Å². The van der Waals surface area contributed by atoms with Crippen molar-refractivity contribution < 1.29 is 26.4 Å². The van der Waals surface area contributed by atoms with Crippen LogP contribution in [0.15, 0.2) is 58.3 Å². The van der Waals surface area contributed by atoms with Crippen LogP contribution in [0.1, 0.15) is 49.7 Å². The standard InChI is InChI=1S/C25H29F3N2O3S/c26-25(27,28)20-7-4-8-22(14-20)34(32,33)21-11-9-17(10-12-21)15-30-24(31)23-13-19(16-29-23)18-5-2-1-3-6-18/h4,7-12,14,18-19,23,29H,1-3,5-6,13,15-16H2,(H,30,31)/t19-,23+/m1/s1. The Morgan fingerprint density at radius 3 is 2.35 bits per heavy atom. The first-order valence-corrected chi connectivity index (χ1v) is 13.2. The Morgan fingerprint density at radius 2 is 1.68 bits per heavy atom. The van der Waals surface area contributed by atoms with Crippen molar-refractivity contribution in [1.82, 2.24) is 10.6 Å². The van der Waals surface area contributed by atoms with Crippen molar-refractivity contribution in [3.63, 3.8) is 0 Å². The maximum atomic E-state index is 13.0. The topological polar surface area (TPSA) is 75.3 Å². The highest BCUT2D eigenvalue weighted by Crippen LogP contribution is 2.34. The summed E-state index contributed by atoms with van der Waals surface area (Å²) >= 11 is 0. The first-order chi connectivity index (χ1) is 16.1. The molecule has 5 nitrogen and oxygen atoms in total. The number of carbonyl (C=O) groups excluding carboxylic acids is 1. The van der Waals surface area contributed by atoms with E-state index in [1.54, 1.807) is 12.1 Å². The van der Waals surface area contributed by atoms with Crippen molar-refractivity contribution in [2.75, 3.05) is 6.54 Å². The summed E-state index contributed by atoms with van der Waals surface area (Å²) in [6.07, 6.45) is 2.56. The van der Waals surface area contributed by atoms with Crippen molar-refractivity contribution in [2.24, 2.45) is 11.8 Å². The first-order valence-electron chi connectivity index (χ1n) is 11.7. The number of sulfone groups is 1. The van der Waals surface area contributed by atoms with Gasteiger partial charge in [-0.3, -0.25) is 4.79 Å². The molecule has 1 aliphatic carbocycles. The molecule has 0 unspecified atom stereocenters. The lowest BCUT2D eigenvalue weighted by molar-refractivity contribution is -0.137. The van der Waals surface area contributed by atoms with Gasteiger partial charge in [0.2, 0.25) is 15.7 Å². The van der Waals surface area contributed by atoms with Crippen molar-refractivity contribution >= 4 is 15.7 Å². The Bertz CT molecular complexity index is 1110. The average molecular weight is 495 g/mol. The van der Waals surface area contributed by atoms with Gasteiger partial charge in [-0.25, -0.2) is 8.42 Å². The smallest absolute Gasteiger partial charge is 0.351 e. The monoisotopic (exact) mass is 494 g/mol. The van der Waals surface area contributed by atoms with E-state index in [2.05, 4.69) is 10.6 Å². The summed E-state index contributed by atoms with van der Waals surface area (Å²) in [5.41, 5.74) is -0.308.